The van der Waals surface area contributed by atoms with Gasteiger partial charge in [0.2, 0.25) is 0 Å². The number of aromatic nitrogens is 1. The van der Waals surface area contributed by atoms with E-state index in [1.165, 1.54) is 5.56 Å². The molecule has 1 saturated carbocycles. The van der Waals surface area contributed by atoms with Crippen LogP contribution in [0.15, 0.2) is 18.5 Å². The van der Waals surface area contributed by atoms with Gasteiger partial charge in [-0.2, -0.15) is 0 Å². The first-order valence-electron chi connectivity index (χ1n) is 5.27. The Balaban J connectivity index is 2.34. The number of hydrogen-bond donors (Lipinski definition) is 1. The molecule has 3 nitrogen and oxygen atoms in total. The van der Waals surface area contributed by atoms with Crippen LogP contribution >= 0.6 is 0 Å². The zero-order valence-corrected chi connectivity index (χ0v) is 8.86. The van der Waals surface area contributed by atoms with Gasteiger partial charge in [-0.3, -0.25) is 9.78 Å². The average molecular weight is 205 g/mol. The summed E-state index contributed by atoms with van der Waals surface area (Å²) in [6.07, 6.45) is 6.93. The Hall–Kier alpha value is -1.38. The van der Waals surface area contributed by atoms with Gasteiger partial charge in [0.15, 0.2) is 0 Å². The predicted molar refractivity (Wildman–Crippen MR) is 56.8 cm³/mol. The number of carbonyl (C=O) groups is 1. The van der Waals surface area contributed by atoms with E-state index < -0.39 is 5.97 Å². The van der Waals surface area contributed by atoms with E-state index in [1.807, 2.05) is 19.2 Å². The minimum Gasteiger partial charge on any atom is -0.481 e. The lowest BCUT2D eigenvalue weighted by atomic mass is 9.62. The molecular formula is C12H15NO2. The van der Waals surface area contributed by atoms with Crippen LogP contribution in [-0.4, -0.2) is 16.1 Å². The summed E-state index contributed by atoms with van der Waals surface area (Å²) in [4.78, 5) is 14.9. The van der Waals surface area contributed by atoms with Crippen molar-refractivity contribution in [3.63, 3.8) is 0 Å². The van der Waals surface area contributed by atoms with Crippen LogP contribution in [0.2, 0.25) is 0 Å². The summed E-state index contributed by atoms with van der Waals surface area (Å²) in [5, 5.41) is 8.95. The second-order valence-corrected chi connectivity index (χ2v) is 4.39. The van der Waals surface area contributed by atoms with E-state index in [0.717, 1.165) is 24.8 Å². The third kappa shape index (κ3) is 1.74. The SMILES string of the molecule is Cc1cnccc1C1(CC(=O)O)CCC1. The molecule has 1 fully saturated rings. The maximum absolute atomic E-state index is 10.9. The first kappa shape index (κ1) is 10.1. The van der Waals surface area contributed by atoms with Gasteiger partial charge >= 0.3 is 5.97 Å². The molecule has 1 N–H and O–H groups in total. The Kier molecular flexibility index (Phi) is 2.47. The Labute approximate surface area is 89.2 Å². The van der Waals surface area contributed by atoms with Crippen molar-refractivity contribution >= 4 is 5.97 Å². The van der Waals surface area contributed by atoms with Crippen molar-refractivity contribution in [2.75, 3.05) is 0 Å². The predicted octanol–water partition coefficient (Wildman–Crippen LogP) is 2.29. The summed E-state index contributed by atoms with van der Waals surface area (Å²) in [5.41, 5.74) is 2.17. The molecule has 15 heavy (non-hydrogen) atoms. The lowest BCUT2D eigenvalue weighted by Crippen LogP contribution is -2.37. The van der Waals surface area contributed by atoms with Crippen molar-refractivity contribution in [1.29, 1.82) is 0 Å². The Morgan fingerprint density at radius 1 is 1.60 bits per heavy atom. The highest BCUT2D eigenvalue weighted by Gasteiger charge is 2.41. The number of nitrogens with zero attached hydrogens (tertiary/aromatic N) is 1. The summed E-state index contributed by atoms with van der Waals surface area (Å²) in [7, 11) is 0. The molecule has 0 bridgehead atoms. The number of pyridine rings is 1. The van der Waals surface area contributed by atoms with Crippen LogP contribution in [0.1, 0.15) is 36.8 Å². The summed E-state index contributed by atoms with van der Waals surface area (Å²) >= 11 is 0. The molecule has 0 unspecified atom stereocenters. The Morgan fingerprint density at radius 2 is 2.33 bits per heavy atom. The molecule has 0 saturated heterocycles. The lowest BCUT2D eigenvalue weighted by Gasteiger charge is -2.42. The molecule has 1 aliphatic carbocycles. The maximum atomic E-state index is 10.9. The number of carboxylic acids is 1. The van der Waals surface area contributed by atoms with Crippen LogP contribution < -0.4 is 0 Å². The lowest BCUT2D eigenvalue weighted by molar-refractivity contribution is -0.139. The van der Waals surface area contributed by atoms with Gasteiger partial charge in [0.05, 0.1) is 6.42 Å². The topological polar surface area (TPSA) is 50.2 Å². The quantitative estimate of drug-likeness (QED) is 0.823. The van der Waals surface area contributed by atoms with Crippen LogP contribution in [0.5, 0.6) is 0 Å². The van der Waals surface area contributed by atoms with Crippen molar-refractivity contribution in [2.24, 2.45) is 0 Å². The maximum Gasteiger partial charge on any atom is 0.304 e. The second-order valence-electron chi connectivity index (χ2n) is 4.39. The van der Waals surface area contributed by atoms with Gasteiger partial charge < -0.3 is 5.11 Å². The van der Waals surface area contributed by atoms with Crippen LogP contribution in [0.25, 0.3) is 0 Å². The van der Waals surface area contributed by atoms with Gasteiger partial charge in [-0.15, -0.1) is 0 Å². The first-order valence-corrected chi connectivity index (χ1v) is 5.27. The molecule has 0 spiro atoms. The van der Waals surface area contributed by atoms with Crippen molar-refractivity contribution in [3.05, 3.63) is 29.6 Å². The largest absolute Gasteiger partial charge is 0.481 e. The number of aryl methyl sites for hydroxylation is 1. The molecule has 0 aliphatic heterocycles. The summed E-state index contributed by atoms with van der Waals surface area (Å²) in [5.74, 6) is -0.703. The minimum absolute atomic E-state index is 0.112. The van der Waals surface area contributed by atoms with Crippen LogP contribution in [0.3, 0.4) is 0 Å². The number of rotatable bonds is 3. The Bertz CT molecular complexity index is 383. The Morgan fingerprint density at radius 3 is 2.80 bits per heavy atom. The molecule has 0 aromatic carbocycles. The molecular weight excluding hydrogens is 190 g/mol. The molecule has 1 aliphatic rings. The van der Waals surface area contributed by atoms with Gasteiger partial charge in [-0.25, -0.2) is 0 Å². The average Bonchev–Trinajstić information content (AvgIpc) is 2.12. The molecule has 1 heterocycles. The van der Waals surface area contributed by atoms with Crippen molar-refractivity contribution in [2.45, 2.75) is 38.0 Å². The molecule has 0 radical (unpaired) electrons. The fraction of sp³-hybridized carbons (Fsp3) is 0.500. The van der Waals surface area contributed by atoms with Crippen molar-refractivity contribution in [3.8, 4) is 0 Å². The highest BCUT2D eigenvalue weighted by molar-refractivity contribution is 5.69. The number of carboxylic acid groups (broad SMARTS) is 1. The molecule has 0 amide bonds. The van der Waals surface area contributed by atoms with E-state index >= 15 is 0 Å². The van der Waals surface area contributed by atoms with E-state index in [-0.39, 0.29) is 11.8 Å². The number of aliphatic carboxylic acids is 1. The summed E-state index contributed by atoms with van der Waals surface area (Å²) in [6, 6.07) is 1.97. The highest BCUT2D eigenvalue weighted by Crippen LogP contribution is 2.47. The van der Waals surface area contributed by atoms with Gasteiger partial charge in [0, 0.05) is 17.8 Å². The third-order valence-electron chi connectivity index (χ3n) is 3.39. The molecule has 1 aromatic heterocycles. The summed E-state index contributed by atoms with van der Waals surface area (Å²) in [6.45, 7) is 2.00. The molecule has 3 heteroatoms. The van der Waals surface area contributed by atoms with E-state index in [1.54, 1.807) is 6.20 Å². The smallest absolute Gasteiger partial charge is 0.304 e. The first-order chi connectivity index (χ1) is 7.14. The normalized spacial score (nSPS) is 18.2. The monoisotopic (exact) mass is 205 g/mol. The van der Waals surface area contributed by atoms with Crippen molar-refractivity contribution < 1.29 is 9.90 Å². The molecule has 1 aromatic rings. The summed E-state index contributed by atoms with van der Waals surface area (Å²) < 4.78 is 0. The van der Waals surface area contributed by atoms with E-state index in [4.69, 9.17) is 5.11 Å². The van der Waals surface area contributed by atoms with Gasteiger partial charge in [-0.05, 0) is 37.0 Å². The van der Waals surface area contributed by atoms with Gasteiger partial charge in [0.25, 0.3) is 0 Å². The van der Waals surface area contributed by atoms with Crippen LogP contribution in [-0.2, 0) is 10.2 Å². The van der Waals surface area contributed by atoms with Crippen LogP contribution in [0, 0.1) is 6.92 Å². The van der Waals surface area contributed by atoms with E-state index in [9.17, 15) is 4.79 Å². The third-order valence-corrected chi connectivity index (χ3v) is 3.39. The minimum atomic E-state index is -0.703. The van der Waals surface area contributed by atoms with E-state index in [2.05, 4.69) is 4.98 Å². The van der Waals surface area contributed by atoms with Crippen molar-refractivity contribution in [1.82, 2.24) is 4.98 Å². The van der Waals surface area contributed by atoms with Crippen LogP contribution in [0.4, 0.5) is 0 Å². The van der Waals surface area contributed by atoms with Gasteiger partial charge in [0.1, 0.15) is 0 Å². The zero-order chi connectivity index (χ0) is 10.9. The fourth-order valence-corrected chi connectivity index (χ4v) is 2.50. The molecule has 2 rings (SSSR count). The van der Waals surface area contributed by atoms with Gasteiger partial charge in [-0.1, -0.05) is 6.42 Å². The van der Waals surface area contributed by atoms with E-state index in [0.29, 0.717) is 0 Å². The molecule has 80 valence electrons. The zero-order valence-electron chi connectivity index (χ0n) is 8.86. The molecule has 0 atom stereocenters. The number of hydrogen-bond acceptors (Lipinski definition) is 2. The fourth-order valence-electron chi connectivity index (χ4n) is 2.50. The standard InChI is InChI=1S/C12H15NO2/c1-9-8-13-6-3-10(9)12(4-2-5-12)7-11(14)15/h3,6,8H,2,4-5,7H2,1H3,(H,14,15). The highest BCUT2D eigenvalue weighted by atomic mass is 16.4. The second kappa shape index (κ2) is 3.65.